The van der Waals surface area contributed by atoms with Gasteiger partial charge in [-0.3, -0.25) is 0 Å². The Morgan fingerprint density at radius 3 is 2.38 bits per heavy atom. The molecule has 1 fully saturated rings. The lowest BCUT2D eigenvalue weighted by atomic mass is 9.89. The van der Waals surface area contributed by atoms with Gasteiger partial charge in [0.15, 0.2) is 0 Å². The summed E-state index contributed by atoms with van der Waals surface area (Å²) in [6.45, 7) is 2.06. The predicted octanol–water partition coefficient (Wildman–Crippen LogP) is 1.17. The molecule has 4 N–H and O–H groups in total. The zero-order valence-electron chi connectivity index (χ0n) is 16.2. The van der Waals surface area contributed by atoms with E-state index in [1.54, 1.807) is 12.1 Å². The molecule has 0 amide bonds. The third kappa shape index (κ3) is 4.61. The Morgan fingerprint density at radius 2 is 1.76 bits per heavy atom. The highest BCUT2D eigenvalue weighted by molar-refractivity contribution is 5.46. The lowest BCUT2D eigenvalue weighted by molar-refractivity contribution is -0.231. The molecule has 0 saturated carbocycles. The molecule has 2 aromatic rings. The summed E-state index contributed by atoms with van der Waals surface area (Å²) in [7, 11) is 0. The summed E-state index contributed by atoms with van der Waals surface area (Å²) in [4.78, 5) is 0. The Bertz CT molecular complexity index is 855. The number of rotatable bonds is 6. The van der Waals surface area contributed by atoms with Crippen LogP contribution < -0.4 is 4.74 Å². The summed E-state index contributed by atoms with van der Waals surface area (Å²) in [6.07, 6.45) is 0.224. The van der Waals surface area contributed by atoms with Crippen molar-refractivity contribution in [1.82, 2.24) is 0 Å². The molecule has 0 radical (unpaired) electrons. The highest BCUT2D eigenvalue weighted by Gasteiger charge is 2.43. The maximum absolute atomic E-state index is 10.4. The zero-order valence-corrected chi connectivity index (χ0v) is 16.2. The van der Waals surface area contributed by atoms with E-state index in [-0.39, 0.29) is 0 Å². The topological polar surface area (TPSA) is 99.4 Å². The minimum atomic E-state index is -1.42. The van der Waals surface area contributed by atoms with Crippen LogP contribution in [0, 0.1) is 12.3 Å². The van der Waals surface area contributed by atoms with Gasteiger partial charge >= 0.3 is 0 Å². The van der Waals surface area contributed by atoms with Crippen molar-refractivity contribution in [2.75, 3.05) is 13.2 Å². The molecule has 29 heavy (non-hydrogen) atoms. The number of terminal acetylenes is 1. The molecule has 0 bridgehead atoms. The van der Waals surface area contributed by atoms with E-state index in [9.17, 15) is 20.4 Å². The predicted molar refractivity (Wildman–Crippen MR) is 108 cm³/mol. The van der Waals surface area contributed by atoms with Gasteiger partial charge in [-0.1, -0.05) is 30.2 Å². The van der Waals surface area contributed by atoms with Gasteiger partial charge < -0.3 is 29.9 Å². The number of ether oxygens (including phenoxy) is 2. The lowest BCUT2D eigenvalue weighted by Crippen LogP contribution is -2.55. The van der Waals surface area contributed by atoms with Crippen molar-refractivity contribution < 1.29 is 29.9 Å². The normalized spacial score (nSPS) is 26.7. The zero-order chi connectivity index (χ0) is 21.0. The minimum absolute atomic E-state index is 0.469. The summed E-state index contributed by atoms with van der Waals surface area (Å²) in [5, 5.41) is 39.9. The van der Waals surface area contributed by atoms with E-state index in [4.69, 9.17) is 15.9 Å². The highest BCUT2D eigenvalue weighted by Crippen LogP contribution is 2.33. The molecule has 0 aromatic heterocycles. The minimum Gasteiger partial charge on any atom is -0.494 e. The molecule has 2 aromatic carbocycles. The molecule has 3 rings (SSSR count). The summed E-state index contributed by atoms with van der Waals surface area (Å²) in [5.74, 6) is 3.46. The van der Waals surface area contributed by atoms with Crippen molar-refractivity contribution >= 4 is 0 Å². The number of benzene rings is 2. The quantitative estimate of drug-likeness (QED) is 0.546. The van der Waals surface area contributed by atoms with Crippen molar-refractivity contribution in [1.29, 1.82) is 0 Å². The molecular weight excluding hydrogens is 372 g/mol. The number of aliphatic hydroxyl groups is 4. The first kappa shape index (κ1) is 21.3. The fraction of sp³-hybridized carbons (Fsp3) is 0.391. The molecule has 0 spiro atoms. The first-order valence-electron chi connectivity index (χ1n) is 9.60. The smallest absolute Gasteiger partial charge is 0.119 e. The number of hydrogen-bond donors (Lipinski definition) is 4. The molecule has 154 valence electrons. The van der Waals surface area contributed by atoms with Crippen molar-refractivity contribution in [3.05, 3.63) is 64.7 Å². The molecule has 6 nitrogen and oxygen atoms in total. The second-order valence-electron chi connectivity index (χ2n) is 7.06. The van der Waals surface area contributed by atoms with Gasteiger partial charge in [-0.05, 0) is 48.2 Å². The van der Waals surface area contributed by atoms with Crippen LogP contribution in [0.1, 0.15) is 35.3 Å². The van der Waals surface area contributed by atoms with Gasteiger partial charge in [0.1, 0.15) is 36.3 Å². The maximum atomic E-state index is 10.4. The molecule has 0 aliphatic carbocycles. The second kappa shape index (κ2) is 9.40. The van der Waals surface area contributed by atoms with Crippen molar-refractivity contribution in [2.24, 2.45) is 0 Å². The first-order valence-corrected chi connectivity index (χ1v) is 9.60. The van der Waals surface area contributed by atoms with E-state index >= 15 is 0 Å². The second-order valence-corrected chi connectivity index (χ2v) is 7.06. The standard InChI is InChI=1S/C23H26O6/c1-3-15-7-8-16(23-22(27)21(26)20(25)19(13-24)29-23)12-17(15)11-14-5-9-18(10-6-14)28-4-2/h1,5-10,12,19-27H,4,11,13H2,2H3/t19?,20-,21?,22-,23+/m1/s1. The van der Waals surface area contributed by atoms with E-state index in [0.717, 1.165) is 16.9 Å². The van der Waals surface area contributed by atoms with Crippen molar-refractivity contribution in [3.63, 3.8) is 0 Å². The molecule has 1 aliphatic heterocycles. The fourth-order valence-corrected chi connectivity index (χ4v) is 3.54. The molecule has 5 atom stereocenters. The van der Waals surface area contributed by atoms with Crippen LogP contribution >= 0.6 is 0 Å². The number of aliphatic hydroxyl groups excluding tert-OH is 4. The lowest BCUT2D eigenvalue weighted by Gasteiger charge is -2.40. The van der Waals surface area contributed by atoms with Crippen LogP contribution in [0.25, 0.3) is 0 Å². The van der Waals surface area contributed by atoms with Gasteiger partial charge in [0, 0.05) is 5.56 Å². The van der Waals surface area contributed by atoms with Gasteiger partial charge in [-0.2, -0.15) is 0 Å². The van der Waals surface area contributed by atoms with E-state index in [2.05, 4.69) is 5.92 Å². The maximum Gasteiger partial charge on any atom is 0.119 e. The van der Waals surface area contributed by atoms with Crippen LogP contribution in [0.5, 0.6) is 5.75 Å². The van der Waals surface area contributed by atoms with Crippen molar-refractivity contribution in [3.8, 4) is 18.1 Å². The van der Waals surface area contributed by atoms with Crippen molar-refractivity contribution in [2.45, 2.75) is 43.9 Å². The SMILES string of the molecule is C#Cc1ccc([C@@H]2OC(CO)[C@@H](O)C(O)[C@H]2O)cc1Cc1ccc(OCC)cc1. The molecule has 1 saturated heterocycles. The van der Waals surface area contributed by atoms with E-state index in [0.29, 0.717) is 24.2 Å². The molecule has 1 aliphatic rings. The monoisotopic (exact) mass is 398 g/mol. The summed E-state index contributed by atoms with van der Waals surface area (Å²) >= 11 is 0. The van der Waals surface area contributed by atoms with Crippen LogP contribution in [-0.2, 0) is 11.2 Å². The average molecular weight is 398 g/mol. The van der Waals surface area contributed by atoms with Crippen LogP contribution in [0.2, 0.25) is 0 Å². The Balaban J connectivity index is 1.87. The van der Waals surface area contributed by atoms with Gasteiger partial charge in [-0.15, -0.1) is 6.42 Å². The Kier molecular flexibility index (Phi) is 6.91. The third-order valence-corrected chi connectivity index (χ3v) is 5.13. The van der Waals surface area contributed by atoms with Gasteiger partial charge in [-0.25, -0.2) is 0 Å². The largest absolute Gasteiger partial charge is 0.494 e. The van der Waals surface area contributed by atoms with E-state index < -0.39 is 37.1 Å². The fourth-order valence-electron chi connectivity index (χ4n) is 3.54. The van der Waals surface area contributed by atoms with Crippen LogP contribution in [0.4, 0.5) is 0 Å². The molecule has 2 unspecified atom stereocenters. The molecule has 6 heteroatoms. The van der Waals surface area contributed by atoms with Crippen LogP contribution in [-0.4, -0.2) is 58.1 Å². The van der Waals surface area contributed by atoms with Gasteiger partial charge in [0.05, 0.1) is 13.2 Å². The summed E-state index contributed by atoms with van der Waals surface area (Å²) in [5.41, 5.74) is 3.23. The average Bonchev–Trinajstić information content (AvgIpc) is 2.74. The molecular formula is C23H26O6. The molecule has 1 heterocycles. The number of hydrogen-bond acceptors (Lipinski definition) is 6. The first-order chi connectivity index (χ1) is 14.0. The van der Waals surface area contributed by atoms with E-state index in [1.165, 1.54) is 0 Å². The van der Waals surface area contributed by atoms with Gasteiger partial charge in [0.2, 0.25) is 0 Å². The van der Waals surface area contributed by atoms with E-state index in [1.807, 2.05) is 37.3 Å². The summed E-state index contributed by atoms with van der Waals surface area (Å²) < 4.78 is 11.1. The summed E-state index contributed by atoms with van der Waals surface area (Å²) in [6, 6.07) is 13.0. The Labute approximate surface area is 170 Å². The highest BCUT2D eigenvalue weighted by atomic mass is 16.5. The van der Waals surface area contributed by atoms with Crippen LogP contribution in [0.3, 0.4) is 0 Å². The van der Waals surface area contributed by atoms with Gasteiger partial charge in [0.25, 0.3) is 0 Å². The van der Waals surface area contributed by atoms with Crippen LogP contribution in [0.15, 0.2) is 42.5 Å². The Hall–Kier alpha value is -2.40. The Morgan fingerprint density at radius 1 is 1.03 bits per heavy atom. The third-order valence-electron chi connectivity index (χ3n) is 5.13.